The molecule has 25 heavy (non-hydrogen) atoms. The zero-order valence-electron chi connectivity index (χ0n) is 13.4. The highest BCUT2D eigenvalue weighted by molar-refractivity contribution is 5.64. The Morgan fingerprint density at radius 1 is 0.920 bits per heavy atom. The smallest absolute Gasteiger partial charge is 0.387 e. The van der Waals surface area contributed by atoms with Crippen molar-refractivity contribution >= 4 is 0 Å². The van der Waals surface area contributed by atoms with E-state index in [1.807, 2.05) is 24.3 Å². The molecule has 0 radical (unpaired) electrons. The molecule has 0 fully saturated rings. The first-order valence-electron chi connectivity index (χ1n) is 7.55. The number of ether oxygens (including phenoxy) is 1. The highest BCUT2D eigenvalue weighted by atomic mass is 19.3. The van der Waals surface area contributed by atoms with Gasteiger partial charge in [0.25, 0.3) is 0 Å². The van der Waals surface area contributed by atoms with E-state index in [-0.39, 0.29) is 5.75 Å². The van der Waals surface area contributed by atoms with E-state index in [9.17, 15) is 8.78 Å². The molecule has 0 unspecified atom stereocenters. The molecular weight excluding hydrogens is 322 g/mol. The van der Waals surface area contributed by atoms with Crippen LogP contribution < -0.4 is 4.74 Å². The molecule has 0 aliphatic heterocycles. The van der Waals surface area contributed by atoms with Crippen LogP contribution in [0.5, 0.6) is 5.75 Å². The van der Waals surface area contributed by atoms with Gasteiger partial charge < -0.3 is 4.74 Å². The molecule has 0 saturated heterocycles. The number of hydrogen-bond acceptors (Lipinski definition) is 3. The van der Waals surface area contributed by atoms with Crippen molar-refractivity contribution in [2.24, 2.45) is 0 Å². The number of alkyl halides is 2. The monoisotopic (exact) mass is 336 g/mol. The molecule has 5 heteroatoms. The fourth-order valence-corrected chi connectivity index (χ4v) is 2.32. The lowest BCUT2D eigenvalue weighted by Gasteiger charge is -2.07. The molecule has 0 aliphatic carbocycles. The van der Waals surface area contributed by atoms with Gasteiger partial charge in [-0.05, 0) is 48.4 Å². The van der Waals surface area contributed by atoms with Gasteiger partial charge in [0.2, 0.25) is 0 Å². The largest absolute Gasteiger partial charge is 0.435 e. The second-order valence-corrected chi connectivity index (χ2v) is 5.32. The Kier molecular flexibility index (Phi) is 5.00. The minimum Gasteiger partial charge on any atom is -0.435 e. The standard InChI is InChI=1S/C20H14F2N2O/c1-14-9-16(7-8-19(14)25-20(21)22)6-5-15-3-2-4-17(10-15)18-11-23-13-24-12-18/h2-4,7-13,20H,1H3. The molecule has 0 aliphatic rings. The summed E-state index contributed by atoms with van der Waals surface area (Å²) < 4.78 is 29.0. The van der Waals surface area contributed by atoms with E-state index in [0.717, 1.165) is 22.3 Å². The Morgan fingerprint density at radius 3 is 2.32 bits per heavy atom. The van der Waals surface area contributed by atoms with Crippen LogP contribution in [0, 0.1) is 18.8 Å². The lowest BCUT2D eigenvalue weighted by atomic mass is 10.1. The van der Waals surface area contributed by atoms with E-state index in [0.29, 0.717) is 5.56 Å². The van der Waals surface area contributed by atoms with Gasteiger partial charge in [-0.2, -0.15) is 8.78 Å². The quantitative estimate of drug-likeness (QED) is 0.663. The summed E-state index contributed by atoms with van der Waals surface area (Å²) in [7, 11) is 0. The fraction of sp³-hybridized carbons (Fsp3) is 0.100. The maximum Gasteiger partial charge on any atom is 0.387 e. The molecule has 0 saturated carbocycles. The van der Waals surface area contributed by atoms with E-state index < -0.39 is 6.61 Å². The predicted octanol–water partition coefficient (Wildman–Crippen LogP) is 4.45. The van der Waals surface area contributed by atoms with Gasteiger partial charge in [-0.3, -0.25) is 0 Å². The van der Waals surface area contributed by atoms with Crippen molar-refractivity contribution in [3.63, 3.8) is 0 Å². The minimum absolute atomic E-state index is 0.159. The zero-order valence-corrected chi connectivity index (χ0v) is 13.4. The van der Waals surface area contributed by atoms with Gasteiger partial charge in [0.1, 0.15) is 12.1 Å². The molecule has 0 amide bonds. The number of rotatable bonds is 3. The molecule has 3 nitrogen and oxygen atoms in total. The third kappa shape index (κ3) is 4.39. The van der Waals surface area contributed by atoms with Crippen molar-refractivity contribution in [1.29, 1.82) is 0 Å². The number of halogens is 2. The molecule has 2 aromatic carbocycles. The molecule has 3 rings (SSSR count). The molecular formula is C20H14F2N2O. The number of aryl methyl sites for hydroxylation is 1. The van der Waals surface area contributed by atoms with Crippen molar-refractivity contribution in [1.82, 2.24) is 9.97 Å². The molecule has 0 spiro atoms. The van der Waals surface area contributed by atoms with Gasteiger partial charge in [-0.1, -0.05) is 24.0 Å². The second-order valence-electron chi connectivity index (χ2n) is 5.32. The first-order chi connectivity index (χ1) is 12.1. The van der Waals surface area contributed by atoms with E-state index in [4.69, 9.17) is 0 Å². The third-order valence-corrected chi connectivity index (χ3v) is 3.50. The van der Waals surface area contributed by atoms with Gasteiger partial charge in [-0.25, -0.2) is 9.97 Å². The van der Waals surface area contributed by atoms with Gasteiger partial charge in [0.05, 0.1) is 0 Å². The predicted molar refractivity (Wildman–Crippen MR) is 91.3 cm³/mol. The van der Waals surface area contributed by atoms with Crippen LogP contribution in [0.2, 0.25) is 0 Å². The summed E-state index contributed by atoms with van der Waals surface area (Å²) in [5.41, 5.74) is 4.07. The highest BCUT2D eigenvalue weighted by Gasteiger charge is 2.07. The van der Waals surface area contributed by atoms with Crippen LogP contribution in [-0.2, 0) is 0 Å². The lowest BCUT2D eigenvalue weighted by Crippen LogP contribution is -2.03. The minimum atomic E-state index is -2.83. The molecule has 1 heterocycles. The van der Waals surface area contributed by atoms with Crippen molar-refractivity contribution in [2.45, 2.75) is 13.5 Å². The Balaban J connectivity index is 1.83. The molecule has 0 atom stereocenters. The SMILES string of the molecule is Cc1cc(C#Cc2cccc(-c3cncnc3)c2)ccc1OC(F)F. The molecule has 3 aromatic rings. The van der Waals surface area contributed by atoms with Crippen molar-refractivity contribution in [2.75, 3.05) is 0 Å². The maximum atomic E-state index is 12.3. The van der Waals surface area contributed by atoms with Gasteiger partial charge in [0.15, 0.2) is 0 Å². The van der Waals surface area contributed by atoms with Gasteiger partial charge in [0, 0.05) is 29.1 Å². The fourth-order valence-electron chi connectivity index (χ4n) is 2.32. The van der Waals surface area contributed by atoms with Crippen LogP contribution in [-0.4, -0.2) is 16.6 Å². The van der Waals surface area contributed by atoms with Crippen LogP contribution in [0.4, 0.5) is 8.78 Å². The summed E-state index contributed by atoms with van der Waals surface area (Å²) >= 11 is 0. The highest BCUT2D eigenvalue weighted by Crippen LogP contribution is 2.21. The number of nitrogens with zero attached hydrogens (tertiary/aromatic N) is 2. The number of aromatic nitrogens is 2. The van der Waals surface area contributed by atoms with Gasteiger partial charge >= 0.3 is 6.61 Å². The second kappa shape index (κ2) is 7.54. The average molecular weight is 336 g/mol. The van der Waals surface area contributed by atoms with Crippen LogP contribution in [0.3, 0.4) is 0 Å². The molecule has 1 aromatic heterocycles. The van der Waals surface area contributed by atoms with Crippen LogP contribution in [0.25, 0.3) is 11.1 Å². The number of benzene rings is 2. The molecule has 124 valence electrons. The zero-order chi connectivity index (χ0) is 17.6. The average Bonchev–Trinajstić information content (AvgIpc) is 2.63. The van der Waals surface area contributed by atoms with E-state index in [1.165, 1.54) is 12.4 Å². The molecule has 0 bridgehead atoms. The van der Waals surface area contributed by atoms with Crippen molar-refractivity contribution < 1.29 is 13.5 Å². The Morgan fingerprint density at radius 2 is 1.64 bits per heavy atom. The van der Waals surface area contributed by atoms with Crippen molar-refractivity contribution in [3.05, 3.63) is 77.9 Å². The van der Waals surface area contributed by atoms with Crippen LogP contribution in [0.1, 0.15) is 16.7 Å². The third-order valence-electron chi connectivity index (χ3n) is 3.50. The summed E-state index contributed by atoms with van der Waals surface area (Å²) in [5, 5.41) is 0. The maximum absolute atomic E-state index is 12.3. The van der Waals surface area contributed by atoms with Crippen molar-refractivity contribution in [3.8, 4) is 28.7 Å². The summed E-state index contributed by atoms with van der Waals surface area (Å²) in [6, 6.07) is 12.6. The lowest BCUT2D eigenvalue weighted by molar-refractivity contribution is -0.0502. The topological polar surface area (TPSA) is 35.0 Å². The summed E-state index contributed by atoms with van der Waals surface area (Å²) in [5.74, 6) is 6.27. The summed E-state index contributed by atoms with van der Waals surface area (Å²) in [4.78, 5) is 8.02. The summed E-state index contributed by atoms with van der Waals surface area (Å²) in [6.07, 6.45) is 4.96. The first kappa shape index (κ1) is 16.6. The van der Waals surface area contributed by atoms with E-state index >= 15 is 0 Å². The Labute approximate surface area is 144 Å². The van der Waals surface area contributed by atoms with E-state index in [2.05, 4.69) is 26.5 Å². The normalized spacial score (nSPS) is 10.2. The van der Waals surface area contributed by atoms with Crippen LogP contribution >= 0.6 is 0 Å². The first-order valence-corrected chi connectivity index (χ1v) is 7.55. The summed E-state index contributed by atoms with van der Waals surface area (Å²) in [6.45, 7) is -1.13. The molecule has 0 N–H and O–H groups in total. The van der Waals surface area contributed by atoms with Gasteiger partial charge in [-0.15, -0.1) is 0 Å². The van der Waals surface area contributed by atoms with E-state index in [1.54, 1.807) is 31.5 Å². The Bertz CT molecular complexity index is 931. The number of hydrogen-bond donors (Lipinski definition) is 0. The van der Waals surface area contributed by atoms with Crippen LogP contribution in [0.15, 0.2) is 61.2 Å². The Hall–Kier alpha value is -3.26.